The molecule has 1 aromatic heterocycles. The standard InChI is InChI=1S/C8H3ClF5NO2/c9-4-3(6(10)11)2(7(16)17)1-15-5(4)8(12,13)14/h1,6H,(H,16,17). The average Bonchev–Trinajstić information content (AvgIpc) is 2.13. The van der Waals surface area contributed by atoms with Crippen molar-refractivity contribution >= 4 is 17.6 Å². The summed E-state index contributed by atoms with van der Waals surface area (Å²) < 4.78 is 61.8. The van der Waals surface area contributed by atoms with E-state index in [1.54, 1.807) is 0 Å². The highest BCUT2D eigenvalue weighted by molar-refractivity contribution is 6.32. The van der Waals surface area contributed by atoms with Crippen LogP contribution in [0.4, 0.5) is 22.0 Å². The molecule has 0 aliphatic heterocycles. The van der Waals surface area contributed by atoms with Gasteiger partial charge in [-0.1, -0.05) is 11.6 Å². The zero-order valence-electron chi connectivity index (χ0n) is 7.73. The van der Waals surface area contributed by atoms with Crippen LogP contribution in [-0.4, -0.2) is 16.1 Å². The Morgan fingerprint density at radius 3 is 2.29 bits per heavy atom. The van der Waals surface area contributed by atoms with Crippen molar-refractivity contribution < 1.29 is 31.9 Å². The van der Waals surface area contributed by atoms with Crippen molar-refractivity contribution in [2.24, 2.45) is 0 Å². The summed E-state index contributed by atoms with van der Waals surface area (Å²) in [5.74, 6) is -1.83. The molecular weight excluding hydrogens is 273 g/mol. The lowest BCUT2D eigenvalue weighted by Gasteiger charge is -2.12. The predicted octanol–water partition coefficient (Wildman–Crippen LogP) is 3.39. The van der Waals surface area contributed by atoms with Crippen LogP contribution in [0, 0.1) is 0 Å². The molecule has 1 rings (SSSR count). The summed E-state index contributed by atoms with van der Waals surface area (Å²) in [4.78, 5) is 13.3. The zero-order chi connectivity index (χ0) is 13.4. The molecule has 0 aliphatic carbocycles. The molecule has 0 radical (unpaired) electrons. The van der Waals surface area contributed by atoms with Crippen LogP contribution in [0.1, 0.15) is 28.0 Å². The Morgan fingerprint density at radius 1 is 1.41 bits per heavy atom. The van der Waals surface area contributed by atoms with Crippen LogP contribution in [0.3, 0.4) is 0 Å². The molecule has 0 spiro atoms. The van der Waals surface area contributed by atoms with Crippen molar-refractivity contribution in [1.29, 1.82) is 0 Å². The van der Waals surface area contributed by atoms with E-state index in [1.165, 1.54) is 0 Å². The first-order chi connectivity index (χ1) is 7.66. The first-order valence-electron chi connectivity index (χ1n) is 3.93. The number of carboxylic acids is 1. The molecule has 94 valence electrons. The second-order valence-electron chi connectivity index (χ2n) is 2.85. The molecule has 0 bridgehead atoms. The molecule has 1 N–H and O–H groups in total. The van der Waals surface area contributed by atoms with E-state index in [0.29, 0.717) is 0 Å². The number of hydrogen-bond acceptors (Lipinski definition) is 2. The minimum absolute atomic E-state index is 0.207. The second-order valence-corrected chi connectivity index (χ2v) is 3.23. The average molecular weight is 276 g/mol. The molecule has 9 heteroatoms. The van der Waals surface area contributed by atoms with Crippen LogP contribution in [0.15, 0.2) is 6.20 Å². The Balaban J connectivity index is 3.55. The number of aromatic nitrogens is 1. The first-order valence-corrected chi connectivity index (χ1v) is 4.31. The summed E-state index contributed by atoms with van der Waals surface area (Å²) >= 11 is 5.11. The Labute approximate surface area is 95.8 Å². The SMILES string of the molecule is O=C(O)c1cnc(C(F)(F)F)c(Cl)c1C(F)F. The fourth-order valence-electron chi connectivity index (χ4n) is 1.08. The van der Waals surface area contributed by atoms with Gasteiger partial charge >= 0.3 is 12.1 Å². The van der Waals surface area contributed by atoms with E-state index in [9.17, 15) is 26.7 Å². The number of alkyl halides is 5. The van der Waals surface area contributed by atoms with Crippen molar-refractivity contribution in [2.45, 2.75) is 12.6 Å². The van der Waals surface area contributed by atoms with Gasteiger partial charge in [0.1, 0.15) is 0 Å². The lowest BCUT2D eigenvalue weighted by molar-refractivity contribution is -0.141. The van der Waals surface area contributed by atoms with Gasteiger partial charge in [0.2, 0.25) is 0 Å². The monoisotopic (exact) mass is 275 g/mol. The molecule has 1 aromatic rings. The number of carboxylic acid groups (broad SMARTS) is 1. The highest BCUT2D eigenvalue weighted by Gasteiger charge is 2.38. The fraction of sp³-hybridized carbons (Fsp3) is 0.250. The number of halogens is 6. The van der Waals surface area contributed by atoms with Crippen LogP contribution >= 0.6 is 11.6 Å². The lowest BCUT2D eigenvalue weighted by Crippen LogP contribution is -2.14. The minimum Gasteiger partial charge on any atom is -0.478 e. The molecular formula is C8H3ClF5NO2. The van der Waals surface area contributed by atoms with Crippen molar-refractivity contribution in [3.05, 3.63) is 28.0 Å². The maximum absolute atomic E-state index is 12.5. The molecule has 0 atom stereocenters. The topological polar surface area (TPSA) is 50.2 Å². The molecule has 0 unspecified atom stereocenters. The molecule has 17 heavy (non-hydrogen) atoms. The summed E-state index contributed by atoms with van der Waals surface area (Å²) in [7, 11) is 0. The third-order valence-corrected chi connectivity index (χ3v) is 2.16. The zero-order valence-corrected chi connectivity index (χ0v) is 8.48. The highest BCUT2D eigenvalue weighted by Crippen LogP contribution is 2.39. The van der Waals surface area contributed by atoms with E-state index in [0.717, 1.165) is 0 Å². The minimum atomic E-state index is -5.03. The smallest absolute Gasteiger partial charge is 0.434 e. The Morgan fingerprint density at radius 2 is 1.94 bits per heavy atom. The lowest BCUT2D eigenvalue weighted by atomic mass is 10.1. The summed E-state index contributed by atoms with van der Waals surface area (Å²) in [6.45, 7) is 0. The second kappa shape index (κ2) is 4.44. The summed E-state index contributed by atoms with van der Waals surface area (Å²) in [5, 5.41) is 7.12. The number of pyridine rings is 1. The number of aromatic carboxylic acids is 1. The quantitative estimate of drug-likeness (QED) is 0.842. The van der Waals surface area contributed by atoms with Gasteiger partial charge < -0.3 is 5.11 Å². The number of hydrogen-bond donors (Lipinski definition) is 1. The van der Waals surface area contributed by atoms with E-state index in [-0.39, 0.29) is 6.20 Å². The normalized spacial score (nSPS) is 11.9. The third-order valence-electron chi connectivity index (χ3n) is 1.77. The van der Waals surface area contributed by atoms with E-state index in [2.05, 4.69) is 4.98 Å². The van der Waals surface area contributed by atoms with Gasteiger partial charge in [0.05, 0.1) is 16.1 Å². The Kier molecular flexibility index (Phi) is 3.56. The van der Waals surface area contributed by atoms with Gasteiger partial charge in [-0.3, -0.25) is 0 Å². The van der Waals surface area contributed by atoms with E-state index in [4.69, 9.17) is 16.7 Å². The van der Waals surface area contributed by atoms with E-state index in [1.807, 2.05) is 0 Å². The van der Waals surface area contributed by atoms with Gasteiger partial charge in [0.15, 0.2) is 5.69 Å². The summed E-state index contributed by atoms with van der Waals surface area (Å²) in [6.07, 6.45) is -8.27. The predicted molar refractivity (Wildman–Crippen MR) is 46.2 cm³/mol. The van der Waals surface area contributed by atoms with Gasteiger partial charge in [-0.25, -0.2) is 18.6 Å². The molecule has 1 heterocycles. The van der Waals surface area contributed by atoms with Gasteiger partial charge in [-0.15, -0.1) is 0 Å². The number of rotatable bonds is 2. The maximum Gasteiger partial charge on any atom is 0.434 e. The number of carbonyl (C=O) groups is 1. The molecule has 0 aliphatic rings. The maximum atomic E-state index is 12.5. The van der Waals surface area contributed by atoms with Crippen molar-refractivity contribution in [3.8, 4) is 0 Å². The Bertz CT molecular complexity index is 460. The largest absolute Gasteiger partial charge is 0.478 e. The van der Waals surface area contributed by atoms with Crippen molar-refractivity contribution in [3.63, 3.8) is 0 Å². The molecule has 3 nitrogen and oxygen atoms in total. The summed E-state index contributed by atoms with van der Waals surface area (Å²) in [5.41, 5.74) is -4.18. The Hall–Kier alpha value is -1.44. The van der Waals surface area contributed by atoms with Crippen LogP contribution in [-0.2, 0) is 6.18 Å². The first kappa shape index (κ1) is 13.6. The van der Waals surface area contributed by atoms with Crippen LogP contribution in [0.25, 0.3) is 0 Å². The third kappa shape index (κ3) is 2.63. The van der Waals surface area contributed by atoms with Crippen molar-refractivity contribution in [1.82, 2.24) is 4.98 Å². The molecule has 0 amide bonds. The van der Waals surface area contributed by atoms with Crippen LogP contribution < -0.4 is 0 Å². The van der Waals surface area contributed by atoms with Crippen LogP contribution in [0.5, 0.6) is 0 Å². The summed E-state index contributed by atoms with van der Waals surface area (Å²) in [6, 6.07) is 0. The molecule has 0 saturated heterocycles. The van der Waals surface area contributed by atoms with Gasteiger partial charge in [-0.2, -0.15) is 13.2 Å². The number of nitrogens with zero attached hydrogens (tertiary/aromatic N) is 1. The molecule has 0 aromatic carbocycles. The van der Waals surface area contributed by atoms with E-state index < -0.39 is 40.4 Å². The van der Waals surface area contributed by atoms with Crippen molar-refractivity contribution in [2.75, 3.05) is 0 Å². The van der Waals surface area contributed by atoms with Gasteiger partial charge in [0, 0.05) is 6.20 Å². The van der Waals surface area contributed by atoms with Gasteiger partial charge in [-0.05, 0) is 0 Å². The van der Waals surface area contributed by atoms with Gasteiger partial charge in [0.25, 0.3) is 6.43 Å². The van der Waals surface area contributed by atoms with Crippen LogP contribution in [0.2, 0.25) is 5.02 Å². The molecule has 0 fully saturated rings. The highest BCUT2D eigenvalue weighted by atomic mass is 35.5. The fourth-order valence-corrected chi connectivity index (χ4v) is 1.42. The molecule has 0 saturated carbocycles. The van der Waals surface area contributed by atoms with E-state index >= 15 is 0 Å².